The van der Waals surface area contributed by atoms with Gasteiger partial charge in [-0.3, -0.25) is 72.8 Å². The van der Waals surface area contributed by atoms with Gasteiger partial charge in [-0.1, -0.05) is 101 Å². The Balaban J connectivity index is 0.000000164. The normalized spacial score (nSPS) is 21.9. The number of rotatable bonds is 17. The number of aldehydes is 1. The quantitative estimate of drug-likeness (QED) is 0.0182. The highest BCUT2D eigenvalue weighted by Gasteiger charge is 2.67. The molecule has 3 saturated heterocycles. The highest BCUT2D eigenvalue weighted by molar-refractivity contribution is 6.33. The number of alkyl halides is 10. The van der Waals surface area contributed by atoms with Crippen LogP contribution in [0.3, 0.4) is 0 Å². The van der Waals surface area contributed by atoms with Crippen LogP contribution in [0.2, 0.25) is 20.2 Å². The topological polar surface area (TPSA) is 429 Å². The summed E-state index contributed by atoms with van der Waals surface area (Å²) in [5, 5.41) is 40.5. The van der Waals surface area contributed by atoms with Gasteiger partial charge in [-0.2, -0.15) is 10.5 Å². The Kier molecular flexibility index (Phi) is 36.6. The third kappa shape index (κ3) is 29.2. The largest absolute Gasteiger partial charge is 0.480 e. The average Bonchev–Trinajstić information content (AvgIpc) is 1.09. The maximum absolute atomic E-state index is 14.6. The first-order valence-corrected chi connectivity index (χ1v) is 48.6. The fraction of sp³-hybridized carbons (Fsp3) is 0.451. The maximum atomic E-state index is 14.6. The molecule has 13 aliphatic rings. The second-order valence-electron chi connectivity index (χ2n) is 40.1. The smallest absolute Gasteiger partial charge is 0.326 e. The van der Waals surface area contributed by atoms with Gasteiger partial charge in [-0.15, -0.1) is 12.4 Å². The monoisotopic (exact) mass is 2180 g/mol. The predicted molar refractivity (Wildman–Crippen MR) is 522 cm³/mol. The Morgan fingerprint density at radius 3 is 1.26 bits per heavy atom. The molecule has 149 heavy (non-hydrogen) atoms. The molecule has 0 bridgehead atoms. The first kappa shape index (κ1) is 115. The number of pyridine rings is 5. The number of nitriles is 2. The van der Waals surface area contributed by atoms with Crippen molar-refractivity contribution in [2.24, 2.45) is 32.8 Å². The number of nitrogens with one attached hydrogen (secondary N) is 5. The van der Waals surface area contributed by atoms with Crippen LogP contribution in [0.4, 0.5) is 80.0 Å². The Morgan fingerprint density at radius 1 is 0.510 bits per heavy atom. The van der Waals surface area contributed by atoms with Gasteiger partial charge in [0.15, 0.2) is 6.29 Å². The molecule has 10 saturated carbocycles. The molecule has 29 nitrogen and oxygen atoms in total. The van der Waals surface area contributed by atoms with Crippen molar-refractivity contribution >= 4 is 142 Å². The van der Waals surface area contributed by atoms with Gasteiger partial charge in [0, 0.05) is 178 Å². The molecular formula is C102H102Cl5F13N18O11. The molecule has 21 rings (SSSR count). The van der Waals surface area contributed by atoms with Crippen LogP contribution in [-0.4, -0.2) is 168 Å². The number of carboxylic acid groups (broad SMARTS) is 1. The number of carboxylic acids is 1. The van der Waals surface area contributed by atoms with E-state index in [1.807, 2.05) is 12.1 Å². The minimum absolute atomic E-state index is 0. The molecule has 8 amide bonds. The number of aliphatic carboxylic acids is 1. The summed E-state index contributed by atoms with van der Waals surface area (Å²) in [5.74, 6) is -18.8. The number of nitrogen functional groups attached to an aromatic ring is 1. The fourth-order valence-electron chi connectivity index (χ4n) is 22.0. The van der Waals surface area contributed by atoms with E-state index in [1.54, 1.807) is 78.9 Å². The SMILES string of the molecule is Cl.N#Cc1ccnc(Cl)c1.N#Cc1ccnc(N2C(=O)CC[C@H]2C(=O)N(c2cncc(F)c2)[C@H](C(=O)NC2CC3(C2)CC(F)(F)C3)c2ccccc2Cl)c1.NC1CC2(C1)CC(F)(F)C2.Nc1cncc(F)c1.O=C1CC[C@@H](C(=O)N(c2cncc(F)c2)C(C(=O)NC2CC3(C2)CC(F)(F)C3)c2ccccc2Cl)N1.O=C1CC[C@@H](C(=O)O)N1.O=CNC1CC2(C1)CC(F)(F)C2.O=Cc1ccccc1Cl.[C-]#[N+]C1CC2(C1)CC(F)(F)C2. The van der Waals surface area contributed by atoms with E-state index in [4.69, 9.17) is 74.8 Å². The van der Waals surface area contributed by atoms with E-state index >= 15 is 0 Å². The molecule has 1 unspecified atom stereocenters. The summed E-state index contributed by atoms with van der Waals surface area (Å²) in [6, 6.07) is 27.2. The van der Waals surface area contributed by atoms with E-state index in [0.29, 0.717) is 90.3 Å². The Bertz CT molecular complexity index is 6330. The molecule has 47 heteroatoms. The lowest BCUT2D eigenvalue weighted by molar-refractivity contribution is -0.199. The molecule has 0 radical (unpaired) electrons. The van der Waals surface area contributed by atoms with Gasteiger partial charge in [0.05, 0.1) is 76.3 Å². The van der Waals surface area contributed by atoms with E-state index in [2.05, 4.69) is 56.3 Å². The first-order valence-electron chi connectivity index (χ1n) is 47.1. The van der Waals surface area contributed by atoms with Crippen LogP contribution >= 0.6 is 58.8 Å². The molecule has 8 heterocycles. The van der Waals surface area contributed by atoms with E-state index in [9.17, 15) is 110 Å². The molecule has 5 aromatic heterocycles. The van der Waals surface area contributed by atoms with Crippen LogP contribution in [0.25, 0.3) is 4.85 Å². The van der Waals surface area contributed by atoms with E-state index < -0.39 is 130 Å². The number of nitrogens with zero attached hydrogens (tertiary/aromatic N) is 11. The van der Waals surface area contributed by atoms with Crippen molar-refractivity contribution < 1.29 is 110 Å². The summed E-state index contributed by atoms with van der Waals surface area (Å²) in [4.78, 5) is 147. The molecule has 3 aliphatic heterocycles. The van der Waals surface area contributed by atoms with Gasteiger partial charge in [0.2, 0.25) is 71.6 Å². The number of hydrogen-bond acceptors (Lipinski definition) is 19. The van der Waals surface area contributed by atoms with Gasteiger partial charge >= 0.3 is 5.97 Å². The van der Waals surface area contributed by atoms with Crippen LogP contribution in [0.15, 0.2) is 165 Å². The van der Waals surface area contributed by atoms with E-state index in [0.717, 1.165) is 72.5 Å². The van der Waals surface area contributed by atoms with E-state index in [-0.39, 0.29) is 193 Å². The lowest BCUT2D eigenvalue weighted by Gasteiger charge is -2.57. The number of hydrogen-bond donors (Lipinski definition) is 8. The van der Waals surface area contributed by atoms with Crippen molar-refractivity contribution in [3.8, 4) is 12.1 Å². The number of nitrogens with two attached hydrogens (primary N) is 2. The summed E-state index contributed by atoms with van der Waals surface area (Å²) in [5.41, 5.74) is 11.6. The lowest BCUT2D eigenvalue weighted by atomic mass is 9.52. The van der Waals surface area contributed by atoms with Crippen molar-refractivity contribution in [2.75, 3.05) is 20.4 Å². The number of carbonyl (C=O) groups is 10. The van der Waals surface area contributed by atoms with Crippen LogP contribution in [0, 0.1) is 73.8 Å². The van der Waals surface area contributed by atoms with Gasteiger partial charge in [-0.05, 0) is 146 Å². The van der Waals surface area contributed by atoms with Crippen molar-refractivity contribution in [2.45, 2.75) is 257 Å². The average molecular weight is 2180 g/mol. The van der Waals surface area contributed by atoms with Gasteiger partial charge < -0.3 is 48.0 Å². The minimum atomic E-state index is -2.70. The highest BCUT2D eigenvalue weighted by atomic mass is 35.5. The van der Waals surface area contributed by atoms with Crippen molar-refractivity contribution in [1.82, 2.24) is 51.5 Å². The number of carbonyl (C=O) groups excluding carboxylic acids is 9. The summed E-state index contributed by atoms with van der Waals surface area (Å²) in [7, 11) is 0. The molecule has 10 aliphatic carbocycles. The van der Waals surface area contributed by atoms with Gasteiger partial charge in [0.1, 0.15) is 58.6 Å². The Morgan fingerprint density at radius 2 is 0.906 bits per heavy atom. The fourth-order valence-corrected chi connectivity index (χ4v) is 22.8. The molecule has 13 fully saturated rings. The summed E-state index contributed by atoms with van der Waals surface area (Å²) in [6.45, 7) is 6.67. The van der Waals surface area contributed by atoms with Crippen LogP contribution in [0.1, 0.15) is 212 Å². The number of benzene rings is 3. The van der Waals surface area contributed by atoms with Crippen molar-refractivity contribution in [1.29, 1.82) is 10.5 Å². The third-order valence-electron chi connectivity index (χ3n) is 28.0. The minimum Gasteiger partial charge on any atom is -0.480 e. The third-order valence-corrected chi connectivity index (χ3v) is 29.2. The number of aromatic nitrogens is 5. The molecular weight excluding hydrogens is 2080 g/mol. The second-order valence-corrected chi connectivity index (χ2v) is 41.7. The van der Waals surface area contributed by atoms with Crippen LogP contribution < -0.4 is 52.8 Å². The molecule has 3 aromatic carbocycles. The number of anilines is 4. The predicted octanol–water partition coefficient (Wildman–Crippen LogP) is 18.7. The Labute approximate surface area is 872 Å². The molecule has 8 aromatic rings. The first-order chi connectivity index (χ1) is 69.8. The summed E-state index contributed by atoms with van der Waals surface area (Å²) >= 11 is 24.1. The van der Waals surface area contributed by atoms with Crippen molar-refractivity contribution in [3.63, 3.8) is 0 Å². The number of halogens is 18. The molecule has 10 N–H and O–H groups in total. The molecule has 792 valence electrons. The highest BCUT2D eigenvalue weighted by Crippen LogP contribution is 2.67. The second kappa shape index (κ2) is 47.5. The zero-order valence-corrected chi connectivity index (χ0v) is 83.2. The molecule has 5 atom stereocenters. The standard InChI is InChI=1S/C31H26ClF3N6O3.C25H24ClF3N4O3.C8H11F2NO.C8H9F2N.C7H5ClO.C7H11F2N.C6H3ClN2.C5H5FN2.C5H7NO3.ClH/c32-23-4-2-1-3-22(23)27(28(43)39-20-11-30(12-20)16-31(34,35)17-30)40(21-10-19(33)14-37-15-21)29(44)24-5-6-26(42)41(24)25-9-18(13-36)7-8-38-25;26-18-4-2-1-3-17(18)21(22(35)31-15-8-24(9-15)12-25(28,29)13-24)33(16-7-14(27)10-30-11-16)23(36)19-5-6-20(34)32-19;9-8(10)3-7(4-8)1-6(2-7)11-5-12;1-11-6-2-7(3-6)4-8(9,10)5-7;8-7-4-2-1-3-6(7)5-9;8-7(9)3-6(4-7)1-5(10)2-6;7-6-3-5(4-8)1-2-9-6;6-4-1-5(7)3-8-2-4;7-4-2-1-3(6-4)5(8)9;/h1-4,7-10,14-15,20,24,27H,5-6,11-12,16-17H2,(H,39,43);1-4,7,10-11,15,19,21H,5-6,8-9,12-13H2,(H,31,35)(H,32,34);5-6H,1-4H2,(H,11,12);6H,2-5H2;1-5H;5H,1-4,10H2;1-3H;1-3H,7H2;3H,1-2H2,(H,6,7)(H,8,9);1H/t24-,27-;19-,21?;;;;;;;3-;/m00......0./s1. The zero-order chi connectivity index (χ0) is 107. The van der Waals surface area contributed by atoms with Gasteiger partial charge in [0.25, 0.3) is 11.8 Å². The molecule has 5 spiro atoms. The lowest BCUT2D eigenvalue weighted by Crippen LogP contribution is -2.61. The van der Waals surface area contributed by atoms with Crippen molar-refractivity contribution in [3.05, 3.63) is 242 Å². The number of amides is 8. The maximum Gasteiger partial charge on any atom is 0.326 e. The summed E-state index contributed by atoms with van der Waals surface area (Å²) < 4.78 is 169. The Hall–Kier alpha value is -12.9. The zero-order valence-electron chi connectivity index (χ0n) is 79.3. The van der Waals surface area contributed by atoms with Crippen LogP contribution in [-0.2, 0) is 43.2 Å². The van der Waals surface area contributed by atoms with Crippen LogP contribution in [0.5, 0.6) is 0 Å². The van der Waals surface area contributed by atoms with E-state index in [1.165, 1.54) is 60.1 Å². The van der Waals surface area contributed by atoms with Gasteiger partial charge in [-0.25, -0.2) is 78.4 Å². The summed E-state index contributed by atoms with van der Waals surface area (Å²) in [6.07, 6.45) is 17.9.